The molecule has 0 fully saturated rings. The standard InChI is InChI=1S/C15H24ClNO3S/c1-3-14(4-2)17(11-12-18)21(19,20)15-7-5-13(6-8-15)9-10-16/h5-8,14,18H,3-4,9-12H2,1-2H3. The zero-order valence-electron chi connectivity index (χ0n) is 12.6. The van der Waals surface area contributed by atoms with Crippen LogP contribution >= 0.6 is 11.6 Å². The molecule has 0 aliphatic heterocycles. The lowest BCUT2D eigenvalue weighted by Crippen LogP contribution is -2.41. The van der Waals surface area contributed by atoms with E-state index in [2.05, 4.69) is 0 Å². The van der Waals surface area contributed by atoms with Gasteiger partial charge in [0.1, 0.15) is 0 Å². The van der Waals surface area contributed by atoms with Gasteiger partial charge in [-0.05, 0) is 37.0 Å². The molecular formula is C15H24ClNO3S. The third-order valence-electron chi connectivity index (χ3n) is 3.58. The summed E-state index contributed by atoms with van der Waals surface area (Å²) in [4.78, 5) is 0.265. The first-order valence-corrected chi connectivity index (χ1v) is 9.26. The van der Waals surface area contributed by atoms with Gasteiger partial charge in [0.15, 0.2) is 0 Å². The molecule has 0 unspecified atom stereocenters. The van der Waals surface area contributed by atoms with Crippen molar-refractivity contribution in [2.45, 2.75) is 44.0 Å². The van der Waals surface area contributed by atoms with Crippen molar-refractivity contribution in [2.24, 2.45) is 0 Å². The molecule has 0 bridgehead atoms. The van der Waals surface area contributed by atoms with Gasteiger partial charge in [-0.25, -0.2) is 8.42 Å². The van der Waals surface area contributed by atoms with Crippen molar-refractivity contribution in [3.05, 3.63) is 29.8 Å². The SMILES string of the molecule is CCC(CC)N(CCO)S(=O)(=O)c1ccc(CCCl)cc1. The zero-order chi connectivity index (χ0) is 15.9. The number of hydrogen-bond donors (Lipinski definition) is 1. The Morgan fingerprint density at radius 2 is 1.76 bits per heavy atom. The van der Waals surface area contributed by atoms with Crippen LogP contribution < -0.4 is 0 Å². The molecule has 0 heterocycles. The average molecular weight is 334 g/mol. The summed E-state index contributed by atoms with van der Waals surface area (Å²) in [6.45, 7) is 3.85. The Hall–Kier alpha value is -0.620. The predicted molar refractivity (Wildman–Crippen MR) is 86.2 cm³/mol. The van der Waals surface area contributed by atoms with E-state index in [0.717, 1.165) is 24.8 Å². The molecule has 0 aliphatic carbocycles. The molecule has 0 aromatic heterocycles. The molecule has 21 heavy (non-hydrogen) atoms. The molecule has 0 radical (unpaired) electrons. The fourth-order valence-electron chi connectivity index (χ4n) is 2.37. The number of nitrogens with zero attached hydrogens (tertiary/aromatic N) is 1. The number of benzene rings is 1. The Balaban J connectivity index is 3.09. The molecule has 1 N–H and O–H groups in total. The quantitative estimate of drug-likeness (QED) is 0.707. The molecule has 4 nitrogen and oxygen atoms in total. The normalized spacial score (nSPS) is 12.3. The van der Waals surface area contributed by atoms with Crippen LogP contribution in [0.15, 0.2) is 29.2 Å². The Morgan fingerprint density at radius 3 is 2.19 bits per heavy atom. The Morgan fingerprint density at radius 1 is 1.19 bits per heavy atom. The first-order chi connectivity index (χ1) is 10.0. The van der Waals surface area contributed by atoms with Crippen LogP contribution in [0.5, 0.6) is 0 Å². The van der Waals surface area contributed by atoms with E-state index in [4.69, 9.17) is 11.6 Å². The first-order valence-electron chi connectivity index (χ1n) is 7.28. The summed E-state index contributed by atoms with van der Waals surface area (Å²) >= 11 is 5.68. The van der Waals surface area contributed by atoms with Crippen LogP contribution in [-0.2, 0) is 16.4 Å². The van der Waals surface area contributed by atoms with Crippen molar-refractivity contribution < 1.29 is 13.5 Å². The minimum Gasteiger partial charge on any atom is -0.395 e. The van der Waals surface area contributed by atoms with Crippen LogP contribution in [0.3, 0.4) is 0 Å². The maximum atomic E-state index is 12.7. The minimum atomic E-state index is -3.58. The second kappa shape index (κ2) is 8.73. The number of aliphatic hydroxyl groups excluding tert-OH is 1. The van der Waals surface area contributed by atoms with Gasteiger partial charge in [-0.1, -0.05) is 26.0 Å². The molecule has 0 spiro atoms. The molecule has 0 atom stereocenters. The fraction of sp³-hybridized carbons (Fsp3) is 0.600. The number of aliphatic hydroxyl groups is 1. The van der Waals surface area contributed by atoms with Crippen LogP contribution in [0, 0.1) is 0 Å². The van der Waals surface area contributed by atoms with E-state index in [1.54, 1.807) is 24.3 Å². The number of halogens is 1. The summed E-state index contributed by atoms with van der Waals surface area (Å²) in [5.74, 6) is 0.510. The van der Waals surface area contributed by atoms with Crippen LogP contribution in [0.2, 0.25) is 0 Å². The van der Waals surface area contributed by atoms with Gasteiger partial charge in [0.25, 0.3) is 0 Å². The topological polar surface area (TPSA) is 57.6 Å². The average Bonchev–Trinajstić information content (AvgIpc) is 2.48. The summed E-state index contributed by atoms with van der Waals surface area (Å²) in [5, 5.41) is 9.18. The van der Waals surface area contributed by atoms with Crippen molar-refractivity contribution >= 4 is 21.6 Å². The third kappa shape index (κ3) is 4.68. The van der Waals surface area contributed by atoms with E-state index in [0.29, 0.717) is 5.88 Å². The van der Waals surface area contributed by atoms with Gasteiger partial charge < -0.3 is 5.11 Å². The van der Waals surface area contributed by atoms with Gasteiger partial charge in [0, 0.05) is 18.5 Å². The Labute approximate surface area is 132 Å². The molecular weight excluding hydrogens is 310 g/mol. The second-order valence-corrected chi connectivity index (χ2v) is 7.16. The zero-order valence-corrected chi connectivity index (χ0v) is 14.2. The fourth-order valence-corrected chi connectivity index (χ4v) is 4.35. The van der Waals surface area contributed by atoms with Crippen molar-refractivity contribution in [1.29, 1.82) is 0 Å². The first kappa shape index (κ1) is 18.4. The van der Waals surface area contributed by atoms with E-state index in [1.807, 2.05) is 13.8 Å². The van der Waals surface area contributed by atoms with Crippen LogP contribution in [-0.4, -0.2) is 42.9 Å². The molecule has 6 heteroatoms. The summed E-state index contributed by atoms with van der Waals surface area (Å²) in [6.07, 6.45) is 2.16. The third-order valence-corrected chi connectivity index (χ3v) is 5.74. The highest BCUT2D eigenvalue weighted by atomic mass is 35.5. The lowest BCUT2D eigenvalue weighted by Gasteiger charge is -2.29. The van der Waals surface area contributed by atoms with Crippen LogP contribution in [0.1, 0.15) is 32.3 Å². The minimum absolute atomic E-state index is 0.0929. The van der Waals surface area contributed by atoms with Gasteiger partial charge in [-0.2, -0.15) is 4.31 Å². The molecule has 0 saturated carbocycles. The van der Waals surface area contributed by atoms with Crippen LogP contribution in [0.4, 0.5) is 0 Å². The van der Waals surface area contributed by atoms with Gasteiger partial charge in [-0.3, -0.25) is 0 Å². The molecule has 1 aromatic carbocycles. The van der Waals surface area contributed by atoms with E-state index in [9.17, 15) is 13.5 Å². The lowest BCUT2D eigenvalue weighted by molar-refractivity contribution is 0.219. The largest absolute Gasteiger partial charge is 0.395 e. The second-order valence-electron chi connectivity index (χ2n) is 4.89. The number of rotatable bonds is 9. The molecule has 0 aliphatic rings. The Bertz CT molecular complexity index is 512. The van der Waals surface area contributed by atoms with Crippen molar-refractivity contribution in [1.82, 2.24) is 4.31 Å². The van der Waals surface area contributed by atoms with Crippen LogP contribution in [0.25, 0.3) is 0 Å². The van der Waals surface area contributed by atoms with Crippen molar-refractivity contribution in [3.8, 4) is 0 Å². The Kier molecular flexibility index (Phi) is 7.66. The number of hydrogen-bond acceptors (Lipinski definition) is 3. The summed E-state index contributed by atoms with van der Waals surface area (Å²) in [5.41, 5.74) is 1.01. The monoisotopic (exact) mass is 333 g/mol. The highest BCUT2D eigenvalue weighted by Gasteiger charge is 2.29. The molecule has 0 saturated heterocycles. The summed E-state index contributed by atoms with van der Waals surface area (Å²) < 4.78 is 26.9. The van der Waals surface area contributed by atoms with Crippen molar-refractivity contribution in [2.75, 3.05) is 19.0 Å². The lowest BCUT2D eigenvalue weighted by atomic mass is 10.2. The molecule has 1 aromatic rings. The predicted octanol–water partition coefficient (Wildman–Crippen LogP) is 2.64. The van der Waals surface area contributed by atoms with E-state index in [1.165, 1.54) is 4.31 Å². The molecule has 120 valence electrons. The van der Waals surface area contributed by atoms with E-state index in [-0.39, 0.29) is 24.1 Å². The summed E-state index contributed by atoms with van der Waals surface area (Å²) in [7, 11) is -3.58. The van der Waals surface area contributed by atoms with Crippen molar-refractivity contribution in [3.63, 3.8) is 0 Å². The highest BCUT2D eigenvalue weighted by Crippen LogP contribution is 2.21. The van der Waals surface area contributed by atoms with Gasteiger partial charge in [0.05, 0.1) is 11.5 Å². The number of aryl methyl sites for hydroxylation is 1. The smallest absolute Gasteiger partial charge is 0.243 e. The molecule has 1 rings (SSSR count). The highest BCUT2D eigenvalue weighted by molar-refractivity contribution is 7.89. The maximum absolute atomic E-state index is 12.7. The summed E-state index contributed by atoms with van der Waals surface area (Å²) in [6, 6.07) is 6.72. The van der Waals surface area contributed by atoms with Gasteiger partial charge in [0.2, 0.25) is 10.0 Å². The maximum Gasteiger partial charge on any atom is 0.243 e. The van der Waals surface area contributed by atoms with E-state index < -0.39 is 10.0 Å². The van der Waals surface area contributed by atoms with Gasteiger partial charge >= 0.3 is 0 Å². The number of sulfonamides is 1. The van der Waals surface area contributed by atoms with Gasteiger partial charge in [-0.15, -0.1) is 11.6 Å². The van der Waals surface area contributed by atoms with E-state index >= 15 is 0 Å². The molecule has 0 amide bonds. The number of alkyl halides is 1.